The molecule has 2 aromatic heterocycles. The monoisotopic (exact) mass is 285 g/mol. The van der Waals surface area contributed by atoms with Crippen LogP contribution in [0.1, 0.15) is 28.7 Å². The van der Waals surface area contributed by atoms with Crippen molar-refractivity contribution in [1.82, 2.24) is 14.9 Å². The molecule has 2 aromatic rings. The Morgan fingerprint density at radius 2 is 2.19 bits per heavy atom. The highest BCUT2D eigenvalue weighted by molar-refractivity contribution is 5.99. The number of nitrogens with one attached hydrogen (secondary N) is 1. The second kappa shape index (κ2) is 6.81. The zero-order valence-corrected chi connectivity index (χ0v) is 12.2. The third-order valence-corrected chi connectivity index (χ3v) is 3.17. The van der Waals surface area contributed by atoms with Gasteiger partial charge in [0.05, 0.1) is 23.5 Å². The molecule has 1 amide bonds. The molecule has 0 radical (unpaired) electrons. The van der Waals surface area contributed by atoms with E-state index in [0.717, 1.165) is 11.4 Å². The number of hydrazine groups is 1. The number of carbonyl (C=O) groups is 1. The molecular formula is C15H19N5O. The minimum Gasteiger partial charge on any atom is -0.333 e. The molecule has 0 unspecified atom stereocenters. The van der Waals surface area contributed by atoms with Gasteiger partial charge in [-0.25, -0.2) is 0 Å². The van der Waals surface area contributed by atoms with E-state index in [0.29, 0.717) is 24.3 Å². The van der Waals surface area contributed by atoms with E-state index in [9.17, 15) is 4.79 Å². The normalized spacial score (nSPS) is 10.2. The fourth-order valence-electron chi connectivity index (χ4n) is 2.03. The van der Waals surface area contributed by atoms with Crippen molar-refractivity contribution >= 4 is 11.6 Å². The number of hydrogen-bond donors (Lipinski definition) is 2. The average Bonchev–Trinajstić information content (AvgIpc) is 2.52. The summed E-state index contributed by atoms with van der Waals surface area (Å²) in [5, 5.41) is 0. The summed E-state index contributed by atoms with van der Waals surface area (Å²) in [5.41, 5.74) is 5.23. The number of nitrogen functional groups attached to an aromatic ring is 1. The summed E-state index contributed by atoms with van der Waals surface area (Å²) in [6.45, 7) is 4.81. The van der Waals surface area contributed by atoms with E-state index < -0.39 is 0 Å². The molecule has 2 rings (SSSR count). The summed E-state index contributed by atoms with van der Waals surface area (Å²) in [4.78, 5) is 22.8. The Morgan fingerprint density at radius 3 is 2.81 bits per heavy atom. The van der Waals surface area contributed by atoms with E-state index in [1.54, 1.807) is 23.4 Å². The van der Waals surface area contributed by atoms with Gasteiger partial charge in [0.25, 0.3) is 5.91 Å². The molecule has 0 aliphatic carbocycles. The third-order valence-electron chi connectivity index (χ3n) is 3.17. The van der Waals surface area contributed by atoms with E-state index in [4.69, 9.17) is 5.84 Å². The number of nitrogens with two attached hydrogens (primary N) is 1. The standard InChI is InChI=1S/C15H19N5O/c1-3-20(10-12-6-4-5-7-17-12)15(21)13-9-18-11(2)8-14(13)19-16/h4-9H,3,10,16H2,1-2H3,(H,18,19). The molecule has 0 aromatic carbocycles. The van der Waals surface area contributed by atoms with Crippen molar-refractivity contribution in [3.8, 4) is 0 Å². The van der Waals surface area contributed by atoms with Crippen LogP contribution < -0.4 is 11.3 Å². The maximum Gasteiger partial charge on any atom is 0.257 e. The quantitative estimate of drug-likeness (QED) is 0.645. The lowest BCUT2D eigenvalue weighted by molar-refractivity contribution is 0.0751. The molecule has 0 saturated heterocycles. The third kappa shape index (κ3) is 3.55. The molecule has 0 aliphatic heterocycles. The zero-order chi connectivity index (χ0) is 15.2. The van der Waals surface area contributed by atoms with E-state index in [1.165, 1.54) is 0 Å². The largest absolute Gasteiger partial charge is 0.333 e. The first-order valence-corrected chi connectivity index (χ1v) is 6.78. The number of amides is 1. The van der Waals surface area contributed by atoms with E-state index >= 15 is 0 Å². The summed E-state index contributed by atoms with van der Waals surface area (Å²) in [7, 11) is 0. The van der Waals surface area contributed by atoms with E-state index in [1.807, 2.05) is 32.0 Å². The number of carbonyl (C=O) groups excluding carboxylic acids is 1. The van der Waals surface area contributed by atoms with Crippen LogP contribution in [-0.4, -0.2) is 27.3 Å². The number of pyridine rings is 2. The molecule has 0 spiro atoms. The first kappa shape index (κ1) is 14.9. The second-order valence-corrected chi connectivity index (χ2v) is 4.66. The maximum atomic E-state index is 12.6. The fraction of sp³-hybridized carbons (Fsp3) is 0.267. The fourth-order valence-corrected chi connectivity index (χ4v) is 2.03. The Bertz CT molecular complexity index is 615. The van der Waals surface area contributed by atoms with Crippen molar-refractivity contribution in [2.75, 3.05) is 12.0 Å². The Kier molecular flexibility index (Phi) is 4.84. The molecule has 0 saturated carbocycles. The van der Waals surface area contributed by atoms with Crippen molar-refractivity contribution in [3.63, 3.8) is 0 Å². The topological polar surface area (TPSA) is 84.1 Å². The minimum atomic E-state index is -0.122. The summed E-state index contributed by atoms with van der Waals surface area (Å²) in [6, 6.07) is 7.40. The number of nitrogens with zero attached hydrogens (tertiary/aromatic N) is 3. The van der Waals surface area contributed by atoms with Crippen LogP contribution in [0.25, 0.3) is 0 Å². The van der Waals surface area contributed by atoms with Crippen LogP contribution in [0, 0.1) is 6.92 Å². The molecule has 0 atom stereocenters. The van der Waals surface area contributed by atoms with Gasteiger partial charge in [0, 0.05) is 24.6 Å². The SMILES string of the molecule is CCN(Cc1ccccn1)C(=O)c1cnc(C)cc1NN. The first-order valence-electron chi connectivity index (χ1n) is 6.78. The minimum absolute atomic E-state index is 0.122. The summed E-state index contributed by atoms with van der Waals surface area (Å²) in [6.07, 6.45) is 3.27. The Balaban J connectivity index is 2.24. The van der Waals surface area contributed by atoms with Crippen LogP contribution in [0.2, 0.25) is 0 Å². The van der Waals surface area contributed by atoms with Gasteiger partial charge in [-0.15, -0.1) is 0 Å². The van der Waals surface area contributed by atoms with Gasteiger partial charge in [-0.05, 0) is 32.0 Å². The van der Waals surface area contributed by atoms with Crippen LogP contribution in [0.5, 0.6) is 0 Å². The highest BCUT2D eigenvalue weighted by Crippen LogP contribution is 2.17. The van der Waals surface area contributed by atoms with Crippen LogP contribution in [0.4, 0.5) is 5.69 Å². The number of anilines is 1. The van der Waals surface area contributed by atoms with Crippen molar-refractivity contribution in [2.24, 2.45) is 5.84 Å². The van der Waals surface area contributed by atoms with Crippen molar-refractivity contribution in [1.29, 1.82) is 0 Å². The van der Waals surface area contributed by atoms with Gasteiger partial charge in [-0.3, -0.25) is 20.6 Å². The Hall–Kier alpha value is -2.47. The van der Waals surface area contributed by atoms with Gasteiger partial charge in [-0.2, -0.15) is 0 Å². The summed E-state index contributed by atoms with van der Waals surface area (Å²) >= 11 is 0. The Morgan fingerprint density at radius 1 is 1.38 bits per heavy atom. The molecule has 6 heteroatoms. The molecular weight excluding hydrogens is 266 g/mol. The van der Waals surface area contributed by atoms with Gasteiger partial charge in [0.15, 0.2) is 0 Å². The average molecular weight is 285 g/mol. The molecule has 6 nitrogen and oxygen atoms in total. The lowest BCUT2D eigenvalue weighted by atomic mass is 10.2. The number of rotatable bonds is 5. The maximum absolute atomic E-state index is 12.6. The van der Waals surface area contributed by atoms with Gasteiger partial charge in [0.1, 0.15) is 0 Å². The lowest BCUT2D eigenvalue weighted by Gasteiger charge is -2.21. The van der Waals surface area contributed by atoms with E-state index in [2.05, 4.69) is 15.4 Å². The van der Waals surface area contributed by atoms with Gasteiger partial charge >= 0.3 is 0 Å². The molecule has 3 N–H and O–H groups in total. The van der Waals surface area contributed by atoms with Gasteiger partial charge < -0.3 is 10.3 Å². The van der Waals surface area contributed by atoms with Gasteiger partial charge in [-0.1, -0.05) is 6.07 Å². The highest BCUT2D eigenvalue weighted by atomic mass is 16.2. The predicted octanol–water partition coefficient (Wildman–Crippen LogP) is 1.73. The van der Waals surface area contributed by atoms with Crippen LogP contribution in [0.15, 0.2) is 36.7 Å². The Labute approximate surface area is 124 Å². The molecule has 0 aliphatic rings. The van der Waals surface area contributed by atoms with Crippen LogP contribution in [-0.2, 0) is 6.54 Å². The van der Waals surface area contributed by atoms with Crippen LogP contribution >= 0.6 is 0 Å². The van der Waals surface area contributed by atoms with Crippen molar-refractivity contribution < 1.29 is 4.79 Å². The van der Waals surface area contributed by atoms with Crippen molar-refractivity contribution in [3.05, 3.63) is 53.6 Å². The van der Waals surface area contributed by atoms with Crippen molar-refractivity contribution in [2.45, 2.75) is 20.4 Å². The predicted molar refractivity (Wildman–Crippen MR) is 81.4 cm³/mol. The van der Waals surface area contributed by atoms with E-state index in [-0.39, 0.29) is 5.91 Å². The number of hydrogen-bond acceptors (Lipinski definition) is 5. The smallest absolute Gasteiger partial charge is 0.257 e. The lowest BCUT2D eigenvalue weighted by Crippen LogP contribution is -2.31. The summed E-state index contributed by atoms with van der Waals surface area (Å²) in [5.74, 6) is 5.37. The number of aromatic nitrogens is 2. The molecule has 110 valence electrons. The molecule has 0 fully saturated rings. The first-order chi connectivity index (χ1) is 10.2. The number of aryl methyl sites for hydroxylation is 1. The summed E-state index contributed by atoms with van der Waals surface area (Å²) < 4.78 is 0. The molecule has 21 heavy (non-hydrogen) atoms. The van der Waals surface area contributed by atoms with Gasteiger partial charge in [0.2, 0.25) is 0 Å². The van der Waals surface area contributed by atoms with Crippen LogP contribution in [0.3, 0.4) is 0 Å². The zero-order valence-electron chi connectivity index (χ0n) is 12.2. The molecule has 2 heterocycles. The highest BCUT2D eigenvalue weighted by Gasteiger charge is 2.18. The second-order valence-electron chi connectivity index (χ2n) is 4.66. The molecule has 0 bridgehead atoms.